The first-order chi connectivity index (χ1) is 54.5. The third-order valence-corrected chi connectivity index (χ3v) is 25.3. The van der Waals surface area contributed by atoms with Crippen LogP contribution in [0, 0.1) is 0 Å². The molecule has 512 valence electrons. The molecule has 110 heavy (non-hydrogen) atoms. The maximum atomic E-state index is 2.42. The van der Waals surface area contributed by atoms with E-state index in [1.807, 2.05) is 22.7 Å². The Kier molecular flexibility index (Phi) is 14.1. The lowest BCUT2D eigenvalue weighted by molar-refractivity contribution is 1.18. The van der Waals surface area contributed by atoms with Crippen molar-refractivity contribution in [2.24, 2.45) is 0 Å². The van der Waals surface area contributed by atoms with Crippen LogP contribution in [0.1, 0.15) is 0 Å². The summed E-state index contributed by atoms with van der Waals surface area (Å²) in [5, 5.41) is 20.3. The van der Waals surface area contributed by atoms with Gasteiger partial charge in [-0.2, -0.15) is 0 Å². The average Bonchev–Trinajstić information content (AvgIpc) is 1.58. The quantitative estimate of drug-likeness (QED) is 0.144. The monoisotopic (exact) mass is 1430 g/mol. The second kappa shape index (κ2) is 24.9. The summed E-state index contributed by atoms with van der Waals surface area (Å²) in [6, 6.07) is 143. The van der Waals surface area contributed by atoms with Gasteiger partial charge in [0, 0.05) is 106 Å². The highest BCUT2D eigenvalue weighted by atomic mass is 32.1. The van der Waals surface area contributed by atoms with E-state index >= 15 is 0 Å². The minimum absolute atomic E-state index is 1.16. The van der Waals surface area contributed by atoms with Crippen LogP contribution in [0.4, 0.5) is 0 Å². The molecule has 0 fully saturated rings. The van der Waals surface area contributed by atoms with Gasteiger partial charge in [0.1, 0.15) is 0 Å². The van der Waals surface area contributed by atoms with Crippen LogP contribution in [0.25, 0.3) is 216 Å². The van der Waals surface area contributed by atoms with Gasteiger partial charge in [-0.05, 0) is 218 Å². The number of thiophene rings is 2. The van der Waals surface area contributed by atoms with Gasteiger partial charge in [0.15, 0.2) is 0 Å². The molecule has 0 aliphatic heterocycles. The van der Waals surface area contributed by atoms with Gasteiger partial charge in [0.2, 0.25) is 0 Å². The number of para-hydroxylation sites is 4. The Bertz CT molecular complexity index is 7910. The van der Waals surface area contributed by atoms with Crippen molar-refractivity contribution < 1.29 is 0 Å². The molecule has 6 aromatic heterocycles. The zero-order valence-electron chi connectivity index (χ0n) is 59.6. The highest BCUT2D eigenvalue weighted by molar-refractivity contribution is 7.26. The zero-order valence-corrected chi connectivity index (χ0v) is 61.2. The molecular weight excluding hydrogens is 1370 g/mol. The molecule has 0 unspecified atom stereocenters. The van der Waals surface area contributed by atoms with Crippen LogP contribution in [0.2, 0.25) is 0 Å². The fourth-order valence-electron chi connectivity index (χ4n) is 17.8. The van der Waals surface area contributed by atoms with Gasteiger partial charge in [-0.3, -0.25) is 0 Å². The minimum Gasteiger partial charge on any atom is -0.309 e. The van der Waals surface area contributed by atoms with Crippen LogP contribution >= 0.6 is 22.7 Å². The molecule has 0 bridgehead atoms. The molecule has 6 heterocycles. The van der Waals surface area contributed by atoms with Crippen molar-refractivity contribution in [3.63, 3.8) is 0 Å². The molecule has 0 spiro atoms. The van der Waals surface area contributed by atoms with E-state index in [0.29, 0.717) is 0 Å². The largest absolute Gasteiger partial charge is 0.309 e. The molecule has 0 saturated heterocycles. The van der Waals surface area contributed by atoms with E-state index in [0.717, 1.165) is 11.4 Å². The van der Waals surface area contributed by atoms with E-state index in [4.69, 9.17) is 0 Å². The Hall–Kier alpha value is -13.9. The molecule has 0 atom stereocenters. The third-order valence-electron chi connectivity index (χ3n) is 23.0. The van der Waals surface area contributed by atoms with Crippen molar-refractivity contribution in [3.05, 3.63) is 388 Å². The van der Waals surface area contributed by atoms with Crippen molar-refractivity contribution in [1.82, 2.24) is 18.3 Å². The summed E-state index contributed by atoms with van der Waals surface area (Å²) < 4.78 is 15.0. The molecule has 0 aliphatic carbocycles. The van der Waals surface area contributed by atoms with Crippen molar-refractivity contribution >= 4 is 172 Å². The Labute approximate surface area is 640 Å². The molecule has 24 aromatic rings. The number of nitrogens with zero attached hydrogens (tertiary/aromatic N) is 4. The predicted octanol–water partition coefficient (Wildman–Crippen LogP) is 29.5. The van der Waals surface area contributed by atoms with Gasteiger partial charge < -0.3 is 18.3 Å². The molecule has 6 heteroatoms. The molecule has 0 aliphatic rings. The Morgan fingerprint density at radius 2 is 0.473 bits per heavy atom. The van der Waals surface area contributed by atoms with Crippen molar-refractivity contribution in [3.8, 4) is 67.3 Å². The second-order valence-corrected chi connectivity index (χ2v) is 31.2. The predicted molar refractivity (Wildman–Crippen MR) is 473 cm³/mol. The van der Waals surface area contributed by atoms with Gasteiger partial charge in [-0.15, -0.1) is 22.7 Å². The Balaban J connectivity index is 0.000000132. The molecule has 18 aromatic carbocycles. The number of hydrogen-bond acceptors (Lipinski definition) is 2. The van der Waals surface area contributed by atoms with E-state index in [1.165, 1.54) is 205 Å². The Morgan fingerprint density at radius 3 is 0.945 bits per heavy atom. The maximum absolute atomic E-state index is 2.42. The van der Waals surface area contributed by atoms with Crippen LogP contribution < -0.4 is 0 Å². The fraction of sp³-hybridized carbons (Fsp3) is 0. The van der Waals surface area contributed by atoms with E-state index in [1.54, 1.807) is 0 Å². The van der Waals surface area contributed by atoms with E-state index in [9.17, 15) is 0 Å². The summed E-state index contributed by atoms with van der Waals surface area (Å²) in [6.07, 6.45) is 0. The molecule has 0 saturated carbocycles. The number of fused-ring (bicyclic) bond motifs is 20. The normalized spacial score (nSPS) is 12.0. The van der Waals surface area contributed by atoms with Gasteiger partial charge in [0.05, 0.1) is 44.1 Å². The average molecular weight is 1430 g/mol. The van der Waals surface area contributed by atoms with Crippen molar-refractivity contribution in [1.29, 1.82) is 0 Å². The van der Waals surface area contributed by atoms with Gasteiger partial charge >= 0.3 is 0 Å². The summed E-state index contributed by atoms with van der Waals surface area (Å²) >= 11 is 3.76. The number of aromatic nitrogens is 4. The number of benzene rings is 18. The van der Waals surface area contributed by atoms with Crippen LogP contribution in [0.5, 0.6) is 0 Å². The molecule has 0 amide bonds. The molecular formula is C104H64N4S2. The first-order valence-electron chi connectivity index (χ1n) is 37.7. The summed E-state index contributed by atoms with van der Waals surface area (Å²) in [5.41, 5.74) is 24.2. The Morgan fingerprint density at radius 1 is 0.155 bits per heavy atom. The summed E-state index contributed by atoms with van der Waals surface area (Å²) in [5.74, 6) is 0. The molecule has 0 N–H and O–H groups in total. The number of hydrogen-bond donors (Lipinski definition) is 0. The summed E-state index contributed by atoms with van der Waals surface area (Å²) in [4.78, 5) is 0. The third kappa shape index (κ3) is 9.90. The highest BCUT2D eigenvalue weighted by Gasteiger charge is 2.22. The van der Waals surface area contributed by atoms with Gasteiger partial charge in [0.25, 0.3) is 0 Å². The first-order valence-corrected chi connectivity index (χ1v) is 39.3. The van der Waals surface area contributed by atoms with Crippen molar-refractivity contribution in [2.45, 2.75) is 0 Å². The minimum atomic E-state index is 1.16. The first kappa shape index (κ1) is 62.3. The molecule has 0 radical (unpaired) electrons. The lowest BCUT2D eigenvalue weighted by atomic mass is 9.98. The zero-order chi connectivity index (χ0) is 72.1. The van der Waals surface area contributed by atoms with Crippen LogP contribution in [0.3, 0.4) is 0 Å². The summed E-state index contributed by atoms with van der Waals surface area (Å²) in [6.45, 7) is 0. The lowest BCUT2D eigenvalue weighted by Crippen LogP contribution is -1.94. The van der Waals surface area contributed by atoms with Gasteiger partial charge in [-0.1, -0.05) is 237 Å². The van der Waals surface area contributed by atoms with E-state index < -0.39 is 0 Å². The van der Waals surface area contributed by atoms with Crippen LogP contribution in [-0.2, 0) is 0 Å². The van der Waals surface area contributed by atoms with Gasteiger partial charge in [-0.25, -0.2) is 0 Å². The molecule has 24 rings (SSSR count). The van der Waals surface area contributed by atoms with Crippen LogP contribution in [0.15, 0.2) is 388 Å². The SMILES string of the molecule is c1ccc(-n2c3ccc(-c4ccc5c(c4)c4ccccc4n5-c4ccc5ccccc5c4)cc3c3cc(-c4cccc5c4sc4ccccc45)ccc32)cc1.c1ccc(-n2c3ccc(-c4ccc5c(c4)sc4ccccc45)cc3c3cc(-c4ccc5c(c4)c4ccccc4n5-c4ccc5ccccc5c4)ccc32)cc1. The molecule has 4 nitrogen and oxygen atoms in total. The smallest absolute Gasteiger partial charge is 0.0541 e. The fourth-order valence-corrected chi connectivity index (χ4v) is 20.2. The lowest BCUT2D eigenvalue weighted by Gasteiger charge is -2.10. The highest BCUT2D eigenvalue weighted by Crippen LogP contribution is 2.46. The summed E-state index contributed by atoms with van der Waals surface area (Å²) in [7, 11) is 0. The van der Waals surface area contributed by atoms with E-state index in [2.05, 4.69) is 407 Å². The standard InChI is InChI=1S/2C52H32N2S/c1-2-13-38(14-3-1)53-49-27-23-36(31-45(49)46-32-37(24-28-50(46)53)40-17-10-18-43-42-16-7-9-20-51(42)55-52(40)43)35-22-26-48-44(30-35)41-15-6-8-19-47(41)54(48)39-25-21-33-11-4-5-12-34(33)29-39;1-2-12-39(13-3-1)53-49-26-21-36(30-45(49)46-31-37(22-27-50(46)53)38-19-24-43-42-15-7-9-17-51(42)55-52(43)32-38)35-20-25-48-44(29-35)41-14-6-8-16-47(41)54(48)40-23-18-33-10-4-5-11-34(33)28-40/h2*1-32H. The van der Waals surface area contributed by atoms with Crippen molar-refractivity contribution in [2.75, 3.05) is 0 Å². The second-order valence-electron chi connectivity index (χ2n) is 29.1. The van der Waals surface area contributed by atoms with Crippen LogP contribution in [-0.4, -0.2) is 18.3 Å². The maximum Gasteiger partial charge on any atom is 0.0541 e. The topological polar surface area (TPSA) is 19.7 Å². The van der Waals surface area contributed by atoms with E-state index in [-0.39, 0.29) is 0 Å². The number of rotatable bonds is 8.